The topological polar surface area (TPSA) is 73.1 Å². The molecule has 0 spiro atoms. The number of ether oxygens (including phenoxy) is 1. The van der Waals surface area contributed by atoms with Crippen LogP contribution in [-0.4, -0.2) is 9.97 Å². The third-order valence-electron chi connectivity index (χ3n) is 2.56. The smallest absolute Gasteiger partial charge is 0.224 e. The fraction of sp³-hybridized carbons (Fsp3) is 0.167. The average molecular weight is 230 g/mol. The standard InChI is InChI=1S/C12H14N4O/c1-8-4-3-5-10(9(8)2)17-12-6-11(16-13)14-7-15-12/h3-7H,13H2,1-2H3,(H,14,15,16). The van der Waals surface area contributed by atoms with Crippen molar-refractivity contribution in [2.75, 3.05) is 5.43 Å². The van der Waals surface area contributed by atoms with E-state index in [0.717, 1.165) is 11.3 Å². The van der Waals surface area contributed by atoms with E-state index in [1.807, 2.05) is 32.0 Å². The molecule has 0 aliphatic heterocycles. The Morgan fingerprint density at radius 3 is 2.82 bits per heavy atom. The molecule has 0 radical (unpaired) electrons. The van der Waals surface area contributed by atoms with Gasteiger partial charge in [-0.1, -0.05) is 12.1 Å². The molecule has 0 fully saturated rings. The van der Waals surface area contributed by atoms with Crippen LogP contribution in [0.15, 0.2) is 30.6 Å². The molecule has 0 amide bonds. The maximum absolute atomic E-state index is 5.69. The van der Waals surface area contributed by atoms with Gasteiger partial charge in [-0.15, -0.1) is 0 Å². The van der Waals surface area contributed by atoms with Crippen molar-refractivity contribution < 1.29 is 4.74 Å². The highest BCUT2D eigenvalue weighted by Gasteiger charge is 2.05. The highest BCUT2D eigenvalue weighted by atomic mass is 16.5. The van der Waals surface area contributed by atoms with Crippen LogP contribution in [0.1, 0.15) is 11.1 Å². The summed E-state index contributed by atoms with van der Waals surface area (Å²) in [6.45, 7) is 4.04. The lowest BCUT2D eigenvalue weighted by molar-refractivity contribution is 0.458. The monoisotopic (exact) mass is 230 g/mol. The molecule has 0 aliphatic carbocycles. The third-order valence-corrected chi connectivity index (χ3v) is 2.56. The van der Waals surface area contributed by atoms with Gasteiger partial charge in [0.05, 0.1) is 0 Å². The first-order valence-corrected chi connectivity index (χ1v) is 5.23. The molecule has 2 rings (SSSR count). The molecule has 1 heterocycles. The quantitative estimate of drug-likeness (QED) is 0.624. The van der Waals surface area contributed by atoms with E-state index in [4.69, 9.17) is 10.6 Å². The average Bonchev–Trinajstić information content (AvgIpc) is 2.35. The number of aryl methyl sites for hydroxylation is 1. The second-order valence-corrected chi connectivity index (χ2v) is 3.69. The van der Waals surface area contributed by atoms with Gasteiger partial charge < -0.3 is 10.2 Å². The molecule has 0 atom stereocenters. The molecule has 0 unspecified atom stereocenters. The number of hydrogen-bond acceptors (Lipinski definition) is 5. The lowest BCUT2D eigenvalue weighted by atomic mass is 10.1. The van der Waals surface area contributed by atoms with Crippen LogP contribution in [-0.2, 0) is 0 Å². The number of nitrogens with one attached hydrogen (secondary N) is 1. The first-order chi connectivity index (χ1) is 8.20. The minimum absolute atomic E-state index is 0.460. The van der Waals surface area contributed by atoms with Gasteiger partial charge in [0.2, 0.25) is 5.88 Å². The summed E-state index contributed by atoms with van der Waals surface area (Å²) in [6, 6.07) is 7.53. The molecule has 5 heteroatoms. The van der Waals surface area contributed by atoms with Crippen LogP contribution in [0.3, 0.4) is 0 Å². The molecule has 5 nitrogen and oxygen atoms in total. The second-order valence-electron chi connectivity index (χ2n) is 3.69. The number of nitrogen functional groups attached to an aromatic ring is 1. The van der Waals surface area contributed by atoms with Gasteiger partial charge in [0.25, 0.3) is 0 Å². The summed E-state index contributed by atoms with van der Waals surface area (Å²) in [5.41, 5.74) is 4.71. The van der Waals surface area contributed by atoms with Gasteiger partial charge >= 0.3 is 0 Å². The Balaban J connectivity index is 2.28. The van der Waals surface area contributed by atoms with Gasteiger partial charge in [-0.05, 0) is 31.0 Å². The normalized spacial score (nSPS) is 10.1. The largest absolute Gasteiger partial charge is 0.439 e. The van der Waals surface area contributed by atoms with Gasteiger partial charge in [0.1, 0.15) is 17.9 Å². The zero-order valence-corrected chi connectivity index (χ0v) is 9.77. The van der Waals surface area contributed by atoms with Crippen LogP contribution in [0.5, 0.6) is 11.6 Å². The van der Waals surface area contributed by atoms with Gasteiger partial charge in [0, 0.05) is 6.07 Å². The molecule has 0 bridgehead atoms. The molecule has 1 aromatic carbocycles. The summed E-state index contributed by atoms with van der Waals surface area (Å²) in [7, 11) is 0. The Bertz CT molecular complexity index is 528. The number of benzene rings is 1. The van der Waals surface area contributed by atoms with E-state index < -0.39 is 0 Å². The van der Waals surface area contributed by atoms with Crippen molar-refractivity contribution in [2.45, 2.75) is 13.8 Å². The van der Waals surface area contributed by atoms with Crippen molar-refractivity contribution in [1.82, 2.24) is 9.97 Å². The zero-order valence-electron chi connectivity index (χ0n) is 9.77. The van der Waals surface area contributed by atoms with E-state index in [1.54, 1.807) is 6.07 Å². The van der Waals surface area contributed by atoms with E-state index >= 15 is 0 Å². The third kappa shape index (κ3) is 2.51. The van der Waals surface area contributed by atoms with Crippen molar-refractivity contribution in [3.05, 3.63) is 41.7 Å². The fourth-order valence-corrected chi connectivity index (χ4v) is 1.42. The molecule has 1 aromatic heterocycles. The molecule has 3 N–H and O–H groups in total. The Hall–Kier alpha value is -2.14. The summed E-state index contributed by atoms with van der Waals surface area (Å²) in [6.07, 6.45) is 1.40. The predicted molar refractivity (Wildman–Crippen MR) is 65.8 cm³/mol. The summed E-state index contributed by atoms with van der Waals surface area (Å²) < 4.78 is 5.69. The maximum atomic E-state index is 5.69. The number of nitrogens with two attached hydrogens (primary N) is 1. The van der Waals surface area contributed by atoms with Crippen molar-refractivity contribution in [3.8, 4) is 11.6 Å². The van der Waals surface area contributed by atoms with E-state index in [9.17, 15) is 0 Å². The minimum Gasteiger partial charge on any atom is -0.439 e. The van der Waals surface area contributed by atoms with Crippen molar-refractivity contribution in [3.63, 3.8) is 0 Å². The Kier molecular flexibility index (Phi) is 3.20. The molecule has 88 valence electrons. The lowest BCUT2D eigenvalue weighted by Crippen LogP contribution is -2.08. The first kappa shape index (κ1) is 11.3. The zero-order chi connectivity index (χ0) is 12.3. The molecule has 0 aliphatic rings. The van der Waals surface area contributed by atoms with E-state index in [0.29, 0.717) is 11.7 Å². The summed E-state index contributed by atoms with van der Waals surface area (Å²) >= 11 is 0. The number of hydrogen-bond donors (Lipinski definition) is 2. The molecule has 17 heavy (non-hydrogen) atoms. The van der Waals surface area contributed by atoms with Crippen LogP contribution < -0.4 is 16.0 Å². The Labute approximate surface area is 99.6 Å². The minimum atomic E-state index is 0.460. The van der Waals surface area contributed by atoms with Crippen LogP contribution >= 0.6 is 0 Å². The summed E-state index contributed by atoms with van der Waals surface area (Å²) in [5.74, 6) is 7.03. The molecule has 2 aromatic rings. The van der Waals surface area contributed by atoms with Crippen LogP contribution in [0.4, 0.5) is 5.82 Å². The first-order valence-electron chi connectivity index (χ1n) is 5.23. The van der Waals surface area contributed by atoms with Gasteiger partial charge in [-0.25, -0.2) is 15.8 Å². The van der Waals surface area contributed by atoms with Crippen molar-refractivity contribution >= 4 is 5.82 Å². The Morgan fingerprint density at radius 2 is 2.06 bits per heavy atom. The fourth-order valence-electron chi connectivity index (χ4n) is 1.42. The number of rotatable bonds is 3. The maximum Gasteiger partial charge on any atom is 0.224 e. The summed E-state index contributed by atoms with van der Waals surface area (Å²) in [5, 5.41) is 0. The molecule has 0 saturated heterocycles. The number of hydrazine groups is 1. The van der Waals surface area contributed by atoms with Crippen LogP contribution in [0.25, 0.3) is 0 Å². The predicted octanol–water partition coefficient (Wildman–Crippen LogP) is 2.17. The van der Waals surface area contributed by atoms with E-state index in [2.05, 4.69) is 15.4 Å². The van der Waals surface area contributed by atoms with Gasteiger partial charge in [-0.2, -0.15) is 0 Å². The summed E-state index contributed by atoms with van der Waals surface area (Å²) in [4.78, 5) is 7.94. The Morgan fingerprint density at radius 1 is 1.24 bits per heavy atom. The molecular weight excluding hydrogens is 216 g/mol. The van der Waals surface area contributed by atoms with Crippen molar-refractivity contribution in [1.29, 1.82) is 0 Å². The van der Waals surface area contributed by atoms with Crippen molar-refractivity contribution in [2.24, 2.45) is 5.84 Å². The van der Waals surface area contributed by atoms with E-state index in [1.165, 1.54) is 11.9 Å². The van der Waals surface area contributed by atoms with E-state index in [-0.39, 0.29) is 0 Å². The van der Waals surface area contributed by atoms with Gasteiger partial charge in [0.15, 0.2) is 0 Å². The van der Waals surface area contributed by atoms with Crippen LogP contribution in [0.2, 0.25) is 0 Å². The SMILES string of the molecule is Cc1cccc(Oc2cc(NN)ncn2)c1C. The number of nitrogens with zero attached hydrogens (tertiary/aromatic N) is 2. The molecule has 0 saturated carbocycles. The highest BCUT2D eigenvalue weighted by Crippen LogP contribution is 2.25. The van der Waals surface area contributed by atoms with Crippen LogP contribution in [0, 0.1) is 13.8 Å². The lowest BCUT2D eigenvalue weighted by Gasteiger charge is -2.09. The highest BCUT2D eigenvalue weighted by molar-refractivity contribution is 5.42. The number of aromatic nitrogens is 2. The number of anilines is 1. The van der Waals surface area contributed by atoms with Gasteiger partial charge in [-0.3, -0.25) is 0 Å². The second kappa shape index (κ2) is 4.80. The molecular formula is C12H14N4O.